The van der Waals surface area contributed by atoms with E-state index in [1.807, 2.05) is 12.1 Å². The normalized spacial score (nSPS) is 29.5. The fraction of sp³-hybridized carbons (Fsp3) is 0.625. The minimum atomic E-state index is -0.202. The van der Waals surface area contributed by atoms with E-state index in [1.165, 1.54) is 5.56 Å². The van der Waals surface area contributed by atoms with Gasteiger partial charge in [-0.3, -0.25) is 4.79 Å². The second-order valence-corrected chi connectivity index (χ2v) is 9.42. The molecule has 30 heavy (non-hydrogen) atoms. The van der Waals surface area contributed by atoms with E-state index >= 15 is 0 Å². The van der Waals surface area contributed by atoms with Crippen molar-refractivity contribution in [2.75, 3.05) is 26.8 Å². The van der Waals surface area contributed by atoms with Crippen LogP contribution in [0.3, 0.4) is 0 Å². The van der Waals surface area contributed by atoms with Crippen molar-refractivity contribution in [2.45, 2.75) is 62.4 Å². The molecular weight excluding hydrogens is 383 g/mol. The Balaban J connectivity index is 1.35. The zero-order valence-corrected chi connectivity index (χ0v) is 17.8. The summed E-state index contributed by atoms with van der Waals surface area (Å²) >= 11 is 0. The third-order valence-corrected chi connectivity index (χ3v) is 7.85. The Morgan fingerprint density at radius 2 is 1.73 bits per heavy atom. The van der Waals surface area contributed by atoms with Gasteiger partial charge >= 0.3 is 0 Å². The number of methoxy groups -OCH3 is 1. The van der Waals surface area contributed by atoms with Gasteiger partial charge in [0.1, 0.15) is 12.4 Å². The number of amides is 1. The number of ether oxygens (including phenoxy) is 2. The molecule has 0 aromatic heterocycles. The Kier molecular flexibility index (Phi) is 5.90. The Morgan fingerprint density at radius 1 is 1.10 bits per heavy atom. The lowest BCUT2D eigenvalue weighted by atomic mass is 9.51. The zero-order chi connectivity index (χ0) is 21.2. The van der Waals surface area contributed by atoms with Crippen molar-refractivity contribution in [3.63, 3.8) is 0 Å². The third kappa shape index (κ3) is 4.00. The molecule has 0 saturated heterocycles. The third-order valence-electron chi connectivity index (χ3n) is 7.85. The number of rotatable bonds is 9. The molecule has 4 aliphatic rings. The number of nitrogens with one attached hydrogen (secondary N) is 1. The highest BCUT2D eigenvalue weighted by atomic mass is 19.1. The number of carbonyl (C=O) groups excluding carboxylic acids is 1. The summed E-state index contributed by atoms with van der Waals surface area (Å²) in [4.78, 5) is 13.0. The topological polar surface area (TPSA) is 73.6 Å². The molecule has 0 heterocycles. The van der Waals surface area contributed by atoms with Crippen molar-refractivity contribution in [2.24, 2.45) is 11.1 Å². The van der Waals surface area contributed by atoms with Gasteiger partial charge < -0.3 is 20.5 Å². The molecule has 5 nitrogen and oxygen atoms in total. The number of hydrogen-bond acceptors (Lipinski definition) is 4. The molecule has 1 aromatic rings. The molecule has 0 aliphatic heterocycles. The monoisotopic (exact) mass is 416 g/mol. The Hall–Kier alpha value is -1.92. The first kappa shape index (κ1) is 21.3. The van der Waals surface area contributed by atoms with Crippen LogP contribution in [0.25, 0.3) is 0 Å². The van der Waals surface area contributed by atoms with Crippen molar-refractivity contribution < 1.29 is 18.7 Å². The summed E-state index contributed by atoms with van der Waals surface area (Å²) in [5.41, 5.74) is 7.08. The zero-order valence-electron chi connectivity index (χ0n) is 17.8. The summed E-state index contributed by atoms with van der Waals surface area (Å²) < 4.78 is 23.8. The summed E-state index contributed by atoms with van der Waals surface area (Å²) in [6, 6.07) is 8.17. The van der Waals surface area contributed by atoms with Crippen LogP contribution in [-0.4, -0.2) is 38.3 Å². The van der Waals surface area contributed by atoms with Crippen molar-refractivity contribution >= 4 is 5.91 Å². The summed E-state index contributed by atoms with van der Waals surface area (Å²) in [5.74, 6) is 0.940. The number of benzene rings is 1. The van der Waals surface area contributed by atoms with E-state index < -0.39 is 0 Å². The van der Waals surface area contributed by atoms with E-state index in [2.05, 4.69) is 17.4 Å². The minimum absolute atomic E-state index is 0.103. The molecule has 5 rings (SSSR count). The van der Waals surface area contributed by atoms with Crippen LogP contribution in [0.1, 0.15) is 56.9 Å². The average molecular weight is 417 g/mol. The summed E-state index contributed by atoms with van der Waals surface area (Å²) in [5, 5.41) is 3.19. The van der Waals surface area contributed by atoms with Gasteiger partial charge in [-0.25, -0.2) is 4.39 Å². The van der Waals surface area contributed by atoms with Crippen LogP contribution in [0.5, 0.6) is 5.75 Å². The predicted octanol–water partition coefficient (Wildman–Crippen LogP) is 3.76. The number of nitrogens with two attached hydrogens (primary N) is 1. The SMILES string of the molecule is COC1(CNC(=O)C23CCC(c4ccc(OCC(=CF)CN)cc4)(CC2)CC3)CC1. The van der Waals surface area contributed by atoms with Gasteiger partial charge in [0.05, 0.1) is 11.9 Å². The molecule has 0 spiro atoms. The van der Waals surface area contributed by atoms with Gasteiger partial charge in [0.25, 0.3) is 0 Å². The molecule has 2 bridgehead atoms. The van der Waals surface area contributed by atoms with Gasteiger partial charge in [0.2, 0.25) is 5.91 Å². The average Bonchev–Trinajstić information content (AvgIpc) is 3.60. The lowest BCUT2D eigenvalue weighted by Crippen LogP contribution is -2.52. The van der Waals surface area contributed by atoms with Crippen molar-refractivity contribution in [1.82, 2.24) is 5.32 Å². The first-order valence-electron chi connectivity index (χ1n) is 11.0. The fourth-order valence-electron chi connectivity index (χ4n) is 5.20. The van der Waals surface area contributed by atoms with Gasteiger partial charge in [0.15, 0.2) is 0 Å². The molecule has 4 saturated carbocycles. The van der Waals surface area contributed by atoms with E-state index in [0.29, 0.717) is 18.4 Å². The van der Waals surface area contributed by atoms with Crippen LogP contribution in [0.4, 0.5) is 4.39 Å². The van der Waals surface area contributed by atoms with Crippen LogP contribution in [0, 0.1) is 5.41 Å². The standard InChI is InChI=1S/C24H33FN2O3/c1-29-24(12-13-24)17-27-21(28)23-9-6-22(7-10-23,8-11-23)19-2-4-20(5-3-19)30-16-18(14-25)15-26/h2-5,14H,6-13,15-17,26H2,1H3,(H,27,28). The quantitative estimate of drug-likeness (QED) is 0.643. The predicted molar refractivity (Wildman–Crippen MR) is 114 cm³/mol. The Morgan fingerprint density at radius 3 is 2.23 bits per heavy atom. The Bertz CT molecular complexity index is 777. The van der Waals surface area contributed by atoms with E-state index in [9.17, 15) is 9.18 Å². The second-order valence-electron chi connectivity index (χ2n) is 9.42. The van der Waals surface area contributed by atoms with Crippen LogP contribution in [0.2, 0.25) is 0 Å². The van der Waals surface area contributed by atoms with Gasteiger partial charge in [-0.2, -0.15) is 0 Å². The molecule has 3 N–H and O–H groups in total. The highest BCUT2D eigenvalue weighted by Crippen LogP contribution is 2.58. The summed E-state index contributed by atoms with van der Waals surface area (Å²) in [7, 11) is 1.73. The molecule has 0 atom stereocenters. The van der Waals surface area contributed by atoms with Crippen molar-refractivity contribution in [3.8, 4) is 5.75 Å². The van der Waals surface area contributed by atoms with Crippen LogP contribution >= 0.6 is 0 Å². The Labute approximate surface area is 178 Å². The van der Waals surface area contributed by atoms with E-state index in [1.54, 1.807) is 7.11 Å². The minimum Gasteiger partial charge on any atom is -0.489 e. The summed E-state index contributed by atoms with van der Waals surface area (Å²) in [6.07, 6.45) is 8.54. The highest BCUT2D eigenvalue weighted by molar-refractivity contribution is 5.83. The number of halogens is 1. The molecule has 0 radical (unpaired) electrons. The maximum absolute atomic E-state index is 13.0. The fourth-order valence-corrected chi connectivity index (χ4v) is 5.20. The highest BCUT2D eigenvalue weighted by Gasteiger charge is 2.53. The van der Waals surface area contributed by atoms with Crippen molar-refractivity contribution in [3.05, 3.63) is 41.7 Å². The second kappa shape index (κ2) is 8.31. The largest absolute Gasteiger partial charge is 0.489 e. The summed E-state index contributed by atoms with van der Waals surface area (Å²) in [6.45, 7) is 0.957. The van der Waals surface area contributed by atoms with Gasteiger partial charge in [-0.05, 0) is 74.5 Å². The molecule has 4 aliphatic carbocycles. The maximum atomic E-state index is 13.0. The number of carbonyl (C=O) groups is 1. The number of hydrogen-bond donors (Lipinski definition) is 2. The van der Waals surface area contributed by atoms with Crippen LogP contribution in [0.15, 0.2) is 36.2 Å². The van der Waals surface area contributed by atoms with E-state index in [4.69, 9.17) is 15.2 Å². The number of fused-ring (bicyclic) bond motifs is 3. The van der Waals surface area contributed by atoms with Crippen molar-refractivity contribution in [1.29, 1.82) is 0 Å². The van der Waals surface area contributed by atoms with E-state index in [-0.39, 0.29) is 35.5 Å². The first-order chi connectivity index (χ1) is 14.5. The van der Waals surface area contributed by atoms with Gasteiger partial charge in [0, 0.05) is 31.2 Å². The van der Waals surface area contributed by atoms with Crippen LogP contribution < -0.4 is 15.8 Å². The van der Waals surface area contributed by atoms with Crippen LogP contribution in [-0.2, 0) is 14.9 Å². The molecule has 1 aromatic carbocycles. The molecule has 1 amide bonds. The molecule has 164 valence electrons. The maximum Gasteiger partial charge on any atom is 0.226 e. The smallest absolute Gasteiger partial charge is 0.226 e. The molecule has 6 heteroatoms. The lowest BCUT2D eigenvalue weighted by molar-refractivity contribution is -0.138. The lowest BCUT2D eigenvalue weighted by Gasteiger charge is -2.53. The van der Waals surface area contributed by atoms with Gasteiger partial charge in [-0.1, -0.05) is 12.1 Å². The van der Waals surface area contributed by atoms with Gasteiger partial charge in [-0.15, -0.1) is 0 Å². The van der Waals surface area contributed by atoms with E-state index in [0.717, 1.165) is 57.1 Å². The molecule has 0 unspecified atom stereocenters. The first-order valence-corrected chi connectivity index (χ1v) is 11.0. The molecular formula is C24H33FN2O3. The molecule has 4 fully saturated rings.